The van der Waals surface area contributed by atoms with Crippen LogP contribution in [0.2, 0.25) is 0 Å². The van der Waals surface area contributed by atoms with Crippen LogP contribution in [-0.2, 0) is 0 Å². The third kappa shape index (κ3) is 3.26. The number of ether oxygens (including phenoxy) is 2. The van der Waals surface area contributed by atoms with Crippen molar-refractivity contribution in [2.45, 2.75) is 45.1 Å². The van der Waals surface area contributed by atoms with Gasteiger partial charge in [-0.1, -0.05) is 32.3 Å². The fourth-order valence-electron chi connectivity index (χ4n) is 3.38. The molecule has 1 fully saturated rings. The molecule has 1 aliphatic rings. The maximum Gasteiger partial charge on any atom is 0.127 e. The number of methoxy groups -OCH3 is 2. The SMILES string of the molecule is CCC1CCCC(C(N)c2ccc(OC)cc2OC)C1. The molecule has 112 valence electrons. The molecule has 20 heavy (non-hydrogen) atoms. The lowest BCUT2D eigenvalue weighted by molar-refractivity contribution is 0.228. The number of nitrogens with two attached hydrogens (primary N) is 1. The highest BCUT2D eigenvalue weighted by Gasteiger charge is 2.28. The molecule has 2 rings (SSSR count). The van der Waals surface area contributed by atoms with E-state index in [9.17, 15) is 0 Å². The van der Waals surface area contributed by atoms with E-state index in [0.29, 0.717) is 5.92 Å². The van der Waals surface area contributed by atoms with Crippen molar-refractivity contribution in [1.82, 2.24) is 0 Å². The summed E-state index contributed by atoms with van der Waals surface area (Å²) in [6.45, 7) is 2.28. The van der Waals surface area contributed by atoms with Gasteiger partial charge in [-0.25, -0.2) is 0 Å². The van der Waals surface area contributed by atoms with E-state index in [2.05, 4.69) is 13.0 Å². The van der Waals surface area contributed by atoms with Gasteiger partial charge >= 0.3 is 0 Å². The van der Waals surface area contributed by atoms with Crippen molar-refractivity contribution in [3.05, 3.63) is 23.8 Å². The molecule has 0 aromatic heterocycles. The molecule has 0 amide bonds. The maximum atomic E-state index is 6.53. The minimum atomic E-state index is 0.0604. The Morgan fingerprint density at radius 3 is 2.70 bits per heavy atom. The van der Waals surface area contributed by atoms with Crippen LogP contribution >= 0.6 is 0 Å². The van der Waals surface area contributed by atoms with Crippen LogP contribution in [0.4, 0.5) is 0 Å². The standard InChI is InChI=1S/C17H27NO2/c1-4-12-6-5-7-13(10-12)17(18)15-9-8-14(19-2)11-16(15)20-3/h8-9,11-13,17H,4-7,10,18H2,1-3H3. The lowest BCUT2D eigenvalue weighted by Crippen LogP contribution is -2.27. The van der Waals surface area contributed by atoms with Crippen LogP contribution in [0, 0.1) is 11.8 Å². The zero-order chi connectivity index (χ0) is 14.5. The van der Waals surface area contributed by atoms with Gasteiger partial charge < -0.3 is 15.2 Å². The fraction of sp³-hybridized carbons (Fsp3) is 0.647. The van der Waals surface area contributed by atoms with Crippen molar-refractivity contribution in [3.8, 4) is 11.5 Å². The molecule has 3 heteroatoms. The molecule has 1 saturated carbocycles. The first-order valence-corrected chi connectivity index (χ1v) is 7.67. The van der Waals surface area contributed by atoms with Crippen molar-refractivity contribution in [2.75, 3.05) is 14.2 Å². The highest BCUT2D eigenvalue weighted by atomic mass is 16.5. The largest absolute Gasteiger partial charge is 0.497 e. The number of rotatable bonds is 5. The fourth-order valence-corrected chi connectivity index (χ4v) is 3.38. The minimum absolute atomic E-state index is 0.0604. The van der Waals surface area contributed by atoms with E-state index in [1.165, 1.54) is 32.1 Å². The minimum Gasteiger partial charge on any atom is -0.497 e. The van der Waals surface area contributed by atoms with E-state index in [0.717, 1.165) is 23.0 Å². The summed E-state index contributed by atoms with van der Waals surface area (Å²) in [6.07, 6.45) is 6.40. The van der Waals surface area contributed by atoms with Gasteiger partial charge in [-0.2, -0.15) is 0 Å². The van der Waals surface area contributed by atoms with Crippen LogP contribution in [0.25, 0.3) is 0 Å². The van der Waals surface area contributed by atoms with Gasteiger partial charge in [-0.3, -0.25) is 0 Å². The Bertz CT molecular complexity index is 433. The number of hydrogen-bond acceptors (Lipinski definition) is 3. The van der Waals surface area contributed by atoms with Crippen molar-refractivity contribution < 1.29 is 9.47 Å². The summed E-state index contributed by atoms with van der Waals surface area (Å²) in [7, 11) is 3.36. The average Bonchev–Trinajstić information content (AvgIpc) is 2.53. The summed E-state index contributed by atoms with van der Waals surface area (Å²) in [5.41, 5.74) is 7.64. The molecule has 3 atom stereocenters. The molecule has 3 nitrogen and oxygen atoms in total. The van der Waals surface area contributed by atoms with Gasteiger partial charge in [0.05, 0.1) is 14.2 Å². The van der Waals surface area contributed by atoms with E-state index in [4.69, 9.17) is 15.2 Å². The zero-order valence-electron chi connectivity index (χ0n) is 12.9. The van der Waals surface area contributed by atoms with Crippen molar-refractivity contribution in [3.63, 3.8) is 0 Å². The second kappa shape index (κ2) is 6.98. The molecule has 0 spiro atoms. The molecule has 1 aromatic rings. The van der Waals surface area contributed by atoms with Crippen LogP contribution in [0.1, 0.15) is 50.6 Å². The van der Waals surface area contributed by atoms with Crippen molar-refractivity contribution in [1.29, 1.82) is 0 Å². The van der Waals surface area contributed by atoms with E-state index in [1.807, 2.05) is 12.1 Å². The van der Waals surface area contributed by atoms with Gasteiger partial charge in [-0.05, 0) is 30.7 Å². The first-order chi connectivity index (χ1) is 9.69. The van der Waals surface area contributed by atoms with E-state index >= 15 is 0 Å². The molecule has 0 radical (unpaired) electrons. The topological polar surface area (TPSA) is 44.5 Å². The third-order valence-electron chi connectivity index (χ3n) is 4.71. The quantitative estimate of drug-likeness (QED) is 0.887. The first kappa shape index (κ1) is 15.2. The molecule has 1 aliphatic carbocycles. The average molecular weight is 277 g/mol. The second-order valence-electron chi connectivity index (χ2n) is 5.83. The van der Waals surface area contributed by atoms with E-state index in [1.54, 1.807) is 14.2 Å². The van der Waals surface area contributed by atoms with E-state index < -0.39 is 0 Å². The van der Waals surface area contributed by atoms with Gasteiger partial charge in [0, 0.05) is 17.7 Å². The van der Waals surface area contributed by atoms with Crippen LogP contribution in [0.15, 0.2) is 18.2 Å². The van der Waals surface area contributed by atoms with E-state index in [-0.39, 0.29) is 6.04 Å². The Balaban J connectivity index is 2.17. The summed E-state index contributed by atoms with van der Waals surface area (Å²) >= 11 is 0. The molecule has 0 aliphatic heterocycles. The van der Waals surface area contributed by atoms with Gasteiger partial charge in [-0.15, -0.1) is 0 Å². The smallest absolute Gasteiger partial charge is 0.127 e. The lowest BCUT2D eigenvalue weighted by Gasteiger charge is -2.33. The molecule has 1 aromatic carbocycles. The molecule has 0 bridgehead atoms. The second-order valence-corrected chi connectivity index (χ2v) is 5.83. The highest BCUT2D eigenvalue weighted by molar-refractivity contribution is 5.42. The number of benzene rings is 1. The summed E-state index contributed by atoms with van der Waals surface area (Å²) in [5.74, 6) is 3.06. The van der Waals surface area contributed by atoms with Gasteiger partial charge in [0.25, 0.3) is 0 Å². The summed E-state index contributed by atoms with van der Waals surface area (Å²) in [4.78, 5) is 0. The molecule has 3 unspecified atom stereocenters. The Hall–Kier alpha value is -1.22. The third-order valence-corrected chi connectivity index (χ3v) is 4.71. The zero-order valence-corrected chi connectivity index (χ0v) is 12.9. The predicted octanol–water partition coefficient (Wildman–Crippen LogP) is 3.92. The van der Waals surface area contributed by atoms with Gasteiger partial charge in [0.1, 0.15) is 11.5 Å². The monoisotopic (exact) mass is 277 g/mol. The molecule has 2 N–H and O–H groups in total. The molecular formula is C17H27NO2. The lowest BCUT2D eigenvalue weighted by atomic mass is 9.75. The number of hydrogen-bond donors (Lipinski definition) is 1. The highest BCUT2D eigenvalue weighted by Crippen LogP contribution is 2.40. The van der Waals surface area contributed by atoms with Crippen LogP contribution in [0.3, 0.4) is 0 Å². The molecular weight excluding hydrogens is 250 g/mol. The Morgan fingerprint density at radius 2 is 2.05 bits per heavy atom. The van der Waals surface area contributed by atoms with Crippen molar-refractivity contribution in [2.24, 2.45) is 17.6 Å². The Labute approximate surface area is 122 Å². The van der Waals surface area contributed by atoms with Gasteiger partial charge in [0.2, 0.25) is 0 Å². The van der Waals surface area contributed by atoms with Gasteiger partial charge in [0.15, 0.2) is 0 Å². The maximum absolute atomic E-state index is 6.53. The van der Waals surface area contributed by atoms with Crippen LogP contribution in [0.5, 0.6) is 11.5 Å². The van der Waals surface area contributed by atoms with Crippen LogP contribution < -0.4 is 15.2 Å². The Kier molecular flexibility index (Phi) is 5.30. The predicted molar refractivity (Wildman–Crippen MR) is 82.2 cm³/mol. The molecule has 0 heterocycles. The normalized spacial score (nSPS) is 24.2. The summed E-state index contributed by atoms with van der Waals surface area (Å²) in [5, 5.41) is 0. The summed E-state index contributed by atoms with van der Waals surface area (Å²) < 4.78 is 10.7. The summed E-state index contributed by atoms with van der Waals surface area (Å²) in [6, 6.07) is 6.01. The van der Waals surface area contributed by atoms with Crippen molar-refractivity contribution >= 4 is 0 Å². The van der Waals surface area contributed by atoms with Crippen LogP contribution in [-0.4, -0.2) is 14.2 Å². The Morgan fingerprint density at radius 1 is 1.25 bits per heavy atom. The first-order valence-electron chi connectivity index (χ1n) is 7.67. The molecule has 0 saturated heterocycles.